The number of aldehydes is 1. The number of hydrogen-bond acceptors (Lipinski definition) is 1. The molecule has 2 aliphatic rings. The molecule has 1 nitrogen and oxygen atoms in total. The van der Waals surface area contributed by atoms with Crippen LogP contribution in [0.4, 0.5) is 0 Å². The van der Waals surface area contributed by atoms with Gasteiger partial charge in [-0.15, -0.1) is 0 Å². The van der Waals surface area contributed by atoms with Gasteiger partial charge in [0.15, 0.2) is 0 Å². The zero-order valence-electron chi connectivity index (χ0n) is 17.0. The Labute approximate surface area is 157 Å². The van der Waals surface area contributed by atoms with Crippen LogP contribution < -0.4 is 0 Å². The highest BCUT2D eigenvalue weighted by Gasteiger charge is 2.22. The molecule has 0 spiro atoms. The molecule has 4 unspecified atom stereocenters. The van der Waals surface area contributed by atoms with Crippen molar-refractivity contribution in [3.8, 4) is 0 Å². The van der Waals surface area contributed by atoms with E-state index in [1.807, 2.05) is 0 Å². The third kappa shape index (κ3) is 8.74. The fraction of sp³-hybridized carbons (Fsp3) is 0.958. The summed E-state index contributed by atoms with van der Waals surface area (Å²) in [4.78, 5) is 11.0. The van der Waals surface area contributed by atoms with Crippen LogP contribution >= 0.6 is 0 Å². The van der Waals surface area contributed by atoms with E-state index in [4.69, 9.17) is 0 Å². The molecule has 146 valence electrons. The van der Waals surface area contributed by atoms with Crippen LogP contribution in [-0.2, 0) is 4.79 Å². The van der Waals surface area contributed by atoms with E-state index in [-0.39, 0.29) is 0 Å². The topological polar surface area (TPSA) is 17.1 Å². The normalized spacial score (nSPS) is 30.3. The van der Waals surface area contributed by atoms with Crippen molar-refractivity contribution in [3.05, 3.63) is 0 Å². The summed E-state index contributed by atoms with van der Waals surface area (Å²) in [6, 6.07) is 0. The van der Waals surface area contributed by atoms with Gasteiger partial charge in [-0.05, 0) is 37.0 Å². The van der Waals surface area contributed by atoms with E-state index in [0.717, 1.165) is 24.2 Å². The maximum absolute atomic E-state index is 11.0. The Morgan fingerprint density at radius 1 is 0.680 bits per heavy atom. The number of hydrogen-bond donors (Lipinski definition) is 0. The van der Waals surface area contributed by atoms with Crippen molar-refractivity contribution < 1.29 is 4.79 Å². The zero-order valence-corrected chi connectivity index (χ0v) is 17.0. The summed E-state index contributed by atoms with van der Waals surface area (Å²) in [5.41, 5.74) is 0. The molecule has 0 radical (unpaired) electrons. The van der Waals surface area contributed by atoms with Gasteiger partial charge in [-0.1, -0.05) is 103 Å². The Bertz CT molecular complexity index is 337. The quantitative estimate of drug-likeness (QED) is 0.260. The molecule has 0 aromatic rings. The third-order valence-corrected chi connectivity index (χ3v) is 7.10. The predicted octanol–water partition coefficient (Wildman–Crippen LogP) is 7.72. The second-order valence-corrected chi connectivity index (χ2v) is 9.31. The molecule has 0 N–H and O–H groups in total. The molecule has 0 aromatic carbocycles. The van der Waals surface area contributed by atoms with E-state index in [2.05, 4.69) is 6.92 Å². The second kappa shape index (κ2) is 12.9. The first-order chi connectivity index (χ1) is 12.3. The Balaban J connectivity index is 1.43. The van der Waals surface area contributed by atoms with Gasteiger partial charge in [0.1, 0.15) is 6.29 Å². The van der Waals surface area contributed by atoms with Gasteiger partial charge in [-0.2, -0.15) is 0 Å². The summed E-state index contributed by atoms with van der Waals surface area (Å²) in [5, 5.41) is 0. The van der Waals surface area contributed by atoms with Gasteiger partial charge in [0.05, 0.1) is 0 Å². The van der Waals surface area contributed by atoms with Crippen molar-refractivity contribution in [3.63, 3.8) is 0 Å². The molecule has 0 amide bonds. The summed E-state index contributed by atoms with van der Waals surface area (Å²) in [7, 11) is 0. The molecule has 4 atom stereocenters. The van der Waals surface area contributed by atoms with E-state index in [1.54, 1.807) is 6.42 Å². The third-order valence-electron chi connectivity index (χ3n) is 7.10. The van der Waals surface area contributed by atoms with Crippen molar-refractivity contribution in [2.24, 2.45) is 23.7 Å². The van der Waals surface area contributed by atoms with Crippen molar-refractivity contribution >= 4 is 6.29 Å². The number of unbranched alkanes of at least 4 members (excludes halogenated alkanes) is 5. The monoisotopic (exact) mass is 348 g/mol. The second-order valence-electron chi connectivity index (χ2n) is 9.31. The summed E-state index contributed by atoms with van der Waals surface area (Å²) in [6.07, 6.45) is 26.7. The first-order valence-electron chi connectivity index (χ1n) is 11.8. The lowest BCUT2D eigenvalue weighted by molar-refractivity contribution is -0.112. The molecule has 0 aliphatic heterocycles. The molecule has 0 heterocycles. The number of carbonyl (C=O) groups is 1. The molecule has 1 heteroatoms. The first-order valence-corrected chi connectivity index (χ1v) is 11.8. The molecule has 0 bridgehead atoms. The van der Waals surface area contributed by atoms with Gasteiger partial charge >= 0.3 is 0 Å². The average molecular weight is 349 g/mol. The van der Waals surface area contributed by atoms with Crippen LogP contribution in [0.15, 0.2) is 0 Å². The summed E-state index contributed by atoms with van der Waals surface area (Å²) in [5.74, 6) is 3.35. The predicted molar refractivity (Wildman–Crippen MR) is 109 cm³/mol. The first kappa shape index (κ1) is 21.0. The van der Waals surface area contributed by atoms with E-state index in [9.17, 15) is 4.79 Å². The lowest BCUT2D eigenvalue weighted by Crippen LogP contribution is -2.16. The van der Waals surface area contributed by atoms with E-state index >= 15 is 0 Å². The van der Waals surface area contributed by atoms with Crippen molar-refractivity contribution in [1.82, 2.24) is 0 Å². The standard InChI is InChI=1S/C24H44O/c1-2-3-11-21-14-9-15-22(18-21)12-7-5-4-6-8-13-23-16-10-17-24(19-23)20-25/h20-24H,2-19H2,1H3. The number of carbonyl (C=O) groups excluding carboxylic acids is 1. The highest BCUT2D eigenvalue weighted by molar-refractivity contribution is 5.53. The highest BCUT2D eigenvalue weighted by atomic mass is 16.1. The van der Waals surface area contributed by atoms with Crippen molar-refractivity contribution in [2.45, 2.75) is 122 Å². The van der Waals surface area contributed by atoms with Crippen molar-refractivity contribution in [2.75, 3.05) is 0 Å². The Morgan fingerprint density at radius 3 is 1.80 bits per heavy atom. The zero-order chi connectivity index (χ0) is 17.7. The molecule has 2 fully saturated rings. The molecule has 2 aliphatic carbocycles. The van der Waals surface area contributed by atoms with E-state index in [1.165, 1.54) is 109 Å². The van der Waals surface area contributed by atoms with Crippen molar-refractivity contribution in [1.29, 1.82) is 0 Å². The summed E-state index contributed by atoms with van der Waals surface area (Å²) >= 11 is 0. The fourth-order valence-electron chi connectivity index (χ4n) is 5.53. The van der Waals surface area contributed by atoms with E-state index in [0.29, 0.717) is 5.92 Å². The maximum Gasteiger partial charge on any atom is 0.123 e. The Kier molecular flexibility index (Phi) is 10.9. The molecular formula is C24H44O. The van der Waals surface area contributed by atoms with Crippen LogP contribution in [0, 0.1) is 23.7 Å². The highest BCUT2D eigenvalue weighted by Crippen LogP contribution is 2.35. The van der Waals surface area contributed by atoms with Crippen LogP contribution in [0.1, 0.15) is 122 Å². The lowest BCUT2D eigenvalue weighted by atomic mass is 9.77. The average Bonchev–Trinajstić information content (AvgIpc) is 2.66. The minimum atomic E-state index is 0.385. The summed E-state index contributed by atoms with van der Waals surface area (Å²) < 4.78 is 0. The van der Waals surface area contributed by atoms with Crippen LogP contribution in [0.2, 0.25) is 0 Å². The van der Waals surface area contributed by atoms with Gasteiger partial charge in [-0.25, -0.2) is 0 Å². The van der Waals surface area contributed by atoms with Crippen LogP contribution in [0.3, 0.4) is 0 Å². The Hall–Kier alpha value is -0.330. The van der Waals surface area contributed by atoms with Crippen LogP contribution in [0.5, 0.6) is 0 Å². The SMILES string of the molecule is CCCCC1CCCC(CCCCCCCC2CCCC(C=O)C2)C1. The van der Waals surface area contributed by atoms with Gasteiger partial charge in [0.2, 0.25) is 0 Å². The van der Waals surface area contributed by atoms with Crippen LogP contribution in [-0.4, -0.2) is 6.29 Å². The molecule has 0 aromatic heterocycles. The fourth-order valence-corrected chi connectivity index (χ4v) is 5.53. The van der Waals surface area contributed by atoms with Gasteiger partial charge in [-0.3, -0.25) is 0 Å². The maximum atomic E-state index is 11.0. The molecule has 2 rings (SSSR count). The minimum Gasteiger partial charge on any atom is -0.303 e. The van der Waals surface area contributed by atoms with E-state index < -0.39 is 0 Å². The molecular weight excluding hydrogens is 304 g/mol. The van der Waals surface area contributed by atoms with Gasteiger partial charge in [0, 0.05) is 5.92 Å². The van der Waals surface area contributed by atoms with Gasteiger partial charge < -0.3 is 4.79 Å². The largest absolute Gasteiger partial charge is 0.303 e. The summed E-state index contributed by atoms with van der Waals surface area (Å²) in [6.45, 7) is 2.33. The Morgan fingerprint density at radius 2 is 1.20 bits per heavy atom. The molecule has 0 saturated heterocycles. The van der Waals surface area contributed by atoms with Gasteiger partial charge in [0.25, 0.3) is 0 Å². The molecule has 2 saturated carbocycles. The van der Waals surface area contributed by atoms with Crippen LogP contribution in [0.25, 0.3) is 0 Å². The smallest absolute Gasteiger partial charge is 0.123 e. The number of rotatable bonds is 12. The lowest BCUT2D eigenvalue weighted by Gasteiger charge is -2.29. The minimum absolute atomic E-state index is 0.385. The molecule has 25 heavy (non-hydrogen) atoms.